The molecule has 0 aliphatic heterocycles. The molecule has 0 bridgehead atoms. The summed E-state index contributed by atoms with van der Waals surface area (Å²) in [4.78, 5) is 24.9. The second-order valence-electron chi connectivity index (χ2n) is 8.75. The van der Waals surface area contributed by atoms with E-state index in [4.69, 9.17) is 4.74 Å². The second-order valence-corrected chi connectivity index (χ2v) is 9.69. The van der Waals surface area contributed by atoms with Gasteiger partial charge in [0.1, 0.15) is 5.75 Å². The van der Waals surface area contributed by atoms with Crippen LogP contribution in [0, 0.1) is 6.92 Å². The molecule has 36 heavy (non-hydrogen) atoms. The molecule has 0 unspecified atom stereocenters. The van der Waals surface area contributed by atoms with Gasteiger partial charge in [0.25, 0.3) is 5.91 Å². The van der Waals surface area contributed by atoms with E-state index in [1.165, 1.54) is 11.8 Å². The van der Waals surface area contributed by atoms with Crippen molar-refractivity contribution in [1.82, 2.24) is 20.1 Å². The number of para-hydroxylation sites is 1. The number of nitrogens with one attached hydrogen (secondary N) is 2. The number of ether oxygens (including phenoxy) is 1. The average molecular weight is 510 g/mol. The number of aromatic nitrogens is 3. The lowest BCUT2D eigenvalue weighted by Gasteiger charge is -2.15. The Kier molecular flexibility index (Phi) is 9.93. The van der Waals surface area contributed by atoms with Gasteiger partial charge in [-0.25, -0.2) is 0 Å². The third-order valence-corrected chi connectivity index (χ3v) is 6.67. The van der Waals surface area contributed by atoms with E-state index in [1.807, 2.05) is 60.9 Å². The number of aryl methyl sites for hydroxylation is 2. The van der Waals surface area contributed by atoms with Crippen LogP contribution in [0.25, 0.3) is 0 Å². The average Bonchev–Trinajstić information content (AvgIpc) is 3.26. The molecule has 0 aliphatic rings. The molecule has 2 N–H and O–H groups in total. The van der Waals surface area contributed by atoms with Crippen LogP contribution < -0.4 is 15.4 Å². The van der Waals surface area contributed by atoms with Crippen molar-refractivity contribution in [2.24, 2.45) is 0 Å². The number of carbonyl (C=O) groups is 2. The maximum absolute atomic E-state index is 12.5. The van der Waals surface area contributed by atoms with Crippen LogP contribution in [-0.4, -0.2) is 38.9 Å². The maximum Gasteiger partial charge on any atom is 0.258 e. The fourth-order valence-corrected chi connectivity index (χ4v) is 4.58. The van der Waals surface area contributed by atoms with Crippen LogP contribution in [0.1, 0.15) is 56.1 Å². The fourth-order valence-electron chi connectivity index (χ4n) is 3.76. The summed E-state index contributed by atoms with van der Waals surface area (Å²) in [5.74, 6) is 1.53. The quantitative estimate of drug-likeness (QED) is 0.343. The van der Waals surface area contributed by atoms with Crippen molar-refractivity contribution >= 4 is 29.3 Å². The van der Waals surface area contributed by atoms with Crippen LogP contribution in [0.15, 0.2) is 47.6 Å². The summed E-state index contributed by atoms with van der Waals surface area (Å²) in [5.41, 5.74) is 4.08. The summed E-state index contributed by atoms with van der Waals surface area (Å²) >= 11 is 1.32. The number of benzene rings is 2. The zero-order chi connectivity index (χ0) is 26.1. The number of hydrogen-bond acceptors (Lipinski definition) is 6. The lowest BCUT2D eigenvalue weighted by atomic mass is 10.0. The van der Waals surface area contributed by atoms with E-state index >= 15 is 0 Å². The number of hydrogen-bond donors (Lipinski definition) is 2. The van der Waals surface area contributed by atoms with Crippen molar-refractivity contribution in [2.75, 3.05) is 17.7 Å². The molecule has 0 saturated carbocycles. The van der Waals surface area contributed by atoms with Crippen LogP contribution >= 0.6 is 11.8 Å². The Balaban J connectivity index is 1.52. The zero-order valence-electron chi connectivity index (χ0n) is 21.6. The zero-order valence-corrected chi connectivity index (χ0v) is 22.4. The third-order valence-electron chi connectivity index (χ3n) is 5.71. The smallest absolute Gasteiger partial charge is 0.258 e. The van der Waals surface area contributed by atoms with Crippen LogP contribution in [0.5, 0.6) is 5.75 Å². The monoisotopic (exact) mass is 509 g/mol. The Morgan fingerprint density at radius 3 is 2.58 bits per heavy atom. The van der Waals surface area contributed by atoms with Crippen molar-refractivity contribution in [3.63, 3.8) is 0 Å². The Morgan fingerprint density at radius 1 is 1.08 bits per heavy atom. The van der Waals surface area contributed by atoms with E-state index in [1.54, 1.807) is 0 Å². The molecule has 0 saturated heterocycles. The highest BCUT2D eigenvalue weighted by Crippen LogP contribution is 2.27. The molecule has 0 fully saturated rings. The summed E-state index contributed by atoms with van der Waals surface area (Å²) in [5, 5.41) is 14.9. The van der Waals surface area contributed by atoms with Crippen molar-refractivity contribution in [3.05, 3.63) is 65.0 Å². The van der Waals surface area contributed by atoms with Gasteiger partial charge in [-0.2, -0.15) is 0 Å². The standard InChI is InChI=1S/C27H35N5O3S/c1-6-20-10-8-9-11-22(20)29-26(34)17-36-27-31-30-24(32(27)7-2)15-28-25(33)16-35-23-14-19(5)12-13-21(23)18(3)4/h8-14,18H,6-7,15-17H2,1-5H3,(H,28,33)(H,29,34). The molecule has 0 radical (unpaired) electrons. The van der Waals surface area contributed by atoms with Gasteiger partial charge < -0.3 is 19.9 Å². The van der Waals surface area contributed by atoms with Crippen LogP contribution in [0.3, 0.4) is 0 Å². The Labute approximate surface area is 217 Å². The fraction of sp³-hybridized carbons (Fsp3) is 0.407. The number of thioether (sulfide) groups is 1. The second kappa shape index (κ2) is 13.1. The molecule has 8 nitrogen and oxygen atoms in total. The van der Waals surface area contributed by atoms with E-state index in [2.05, 4.69) is 41.6 Å². The largest absolute Gasteiger partial charge is 0.483 e. The highest BCUT2D eigenvalue weighted by atomic mass is 32.2. The summed E-state index contributed by atoms with van der Waals surface area (Å²) in [6.07, 6.45) is 0.845. The Bertz CT molecular complexity index is 1190. The maximum atomic E-state index is 12.5. The highest BCUT2D eigenvalue weighted by molar-refractivity contribution is 7.99. The SMILES string of the molecule is CCc1ccccc1NC(=O)CSc1nnc(CNC(=O)COc2cc(C)ccc2C(C)C)n1CC. The molecule has 0 spiro atoms. The van der Waals surface area contributed by atoms with Gasteiger partial charge in [0.2, 0.25) is 5.91 Å². The molecule has 3 rings (SSSR count). The lowest BCUT2D eigenvalue weighted by molar-refractivity contribution is -0.123. The summed E-state index contributed by atoms with van der Waals surface area (Å²) in [6.45, 7) is 11.0. The van der Waals surface area contributed by atoms with Crippen molar-refractivity contribution in [3.8, 4) is 5.75 Å². The van der Waals surface area contributed by atoms with Crippen LogP contribution in [0.4, 0.5) is 5.69 Å². The van der Waals surface area contributed by atoms with E-state index in [0.717, 1.165) is 34.5 Å². The molecule has 0 atom stereocenters. The number of nitrogens with zero attached hydrogens (tertiary/aromatic N) is 3. The number of carbonyl (C=O) groups excluding carboxylic acids is 2. The van der Waals surface area contributed by atoms with Gasteiger partial charge in [-0.3, -0.25) is 9.59 Å². The molecule has 0 aliphatic carbocycles. The minimum absolute atomic E-state index is 0.0789. The molecule has 9 heteroatoms. The lowest BCUT2D eigenvalue weighted by Crippen LogP contribution is -2.29. The molecule has 2 aromatic carbocycles. The predicted octanol–water partition coefficient (Wildman–Crippen LogP) is 4.72. The first-order chi connectivity index (χ1) is 17.3. The van der Waals surface area contributed by atoms with Gasteiger partial charge in [0, 0.05) is 12.2 Å². The Hall–Kier alpha value is -3.33. The topological polar surface area (TPSA) is 98.1 Å². The van der Waals surface area contributed by atoms with Crippen LogP contribution in [-0.2, 0) is 29.1 Å². The van der Waals surface area contributed by atoms with E-state index < -0.39 is 0 Å². The van der Waals surface area contributed by atoms with Gasteiger partial charge in [-0.1, -0.05) is 62.9 Å². The third kappa shape index (κ3) is 7.34. The van der Waals surface area contributed by atoms with E-state index in [9.17, 15) is 9.59 Å². The molecule has 2 amide bonds. The first-order valence-corrected chi connectivity index (χ1v) is 13.2. The normalized spacial score (nSPS) is 10.9. The van der Waals surface area contributed by atoms with Crippen molar-refractivity contribution in [1.29, 1.82) is 0 Å². The van der Waals surface area contributed by atoms with E-state index in [-0.39, 0.29) is 30.7 Å². The van der Waals surface area contributed by atoms with Crippen molar-refractivity contribution < 1.29 is 14.3 Å². The van der Waals surface area contributed by atoms with E-state index in [0.29, 0.717) is 23.4 Å². The number of amides is 2. The molecule has 3 aromatic rings. The van der Waals surface area contributed by atoms with Gasteiger partial charge in [0.05, 0.1) is 12.3 Å². The first-order valence-electron chi connectivity index (χ1n) is 12.2. The van der Waals surface area contributed by atoms with Crippen molar-refractivity contribution in [2.45, 2.75) is 65.2 Å². The Morgan fingerprint density at radius 2 is 1.86 bits per heavy atom. The molecule has 1 aromatic heterocycles. The van der Waals surface area contributed by atoms with Gasteiger partial charge in [-0.05, 0) is 55.0 Å². The number of rotatable bonds is 12. The molecule has 1 heterocycles. The summed E-state index contributed by atoms with van der Waals surface area (Å²) in [6, 6.07) is 13.8. The minimum atomic E-state index is -0.236. The first kappa shape index (κ1) is 27.3. The highest BCUT2D eigenvalue weighted by Gasteiger charge is 2.15. The summed E-state index contributed by atoms with van der Waals surface area (Å²) in [7, 11) is 0. The predicted molar refractivity (Wildman–Crippen MR) is 143 cm³/mol. The molecule has 192 valence electrons. The van der Waals surface area contributed by atoms with Gasteiger partial charge >= 0.3 is 0 Å². The molecular weight excluding hydrogens is 474 g/mol. The number of anilines is 1. The van der Waals surface area contributed by atoms with Gasteiger partial charge in [0.15, 0.2) is 17.6 Å². The van der Waals surface area contributed by atoms with Crippen LogP contribution in [0.2, 0.25) is 0 Å². The molecular formula is C27H35N5O3S. The minimum Gasteiger partial charge on any atom is -0.483 e. The van der Waals surface area contributed by atoms with Gasteiger partial charge in [-0.15, -0.1) is 10.2 Å². The summed E-state index contributed by atoms with van der Waals surface area (Å²) < 4.78 is 7.72.